The maximum absolute atomic E-state index is 12.5. The van der Waals surface area contributed by atoms with Crippen LogP contribution in [0.25, 0.3) is 0 Å². The Balaban J connectivity index is 2.06. The van der Waals surface area contributed by atoms with Crippen molar-refractivity contribution in [1.29, 1.82) is 0 Å². The van der Waals surface area contributed by atoms with Crippen LogP contribution in [0, 0.1) is 11.8 Å². The van der Waals surface area contributed by atoms with Crippen LogP contribution in [0.3, 0.4) is 0 Å². The van der Waals surface area contributed by atoms with Gasteiger partial charge in [-0.25, -0.2) is 4.79 Å². The van der Waals surface area contributed by atoms with Crippen molar-refractivity contribution in [2.24, 2.45) is 17.6 Å². The van der Waals surface area contributed by atoms with Crippen LogP contribution in [-0.2, 0) is 4.74 Å². The van der Waals surface area contributed by atoms with Gasteiger partial charge in [-0.3, -0.25) is 0 Å². The number of hydrogen-bond acceptors (Lipinski definition) is 3. The summed E-state index contributed by atoms with van der Waals surface area (Å²) in [6.45, 7) is 7.36. The van der Waals surface area contributed by atoms with E-state index in [1.165, 1.54) is 32.1 Å². The molecule has 2 atom stereocenters. The molecule has 0 aromatic heterocycles. The number of rotatable bonds is 2. The number of nitrogens with two attached hydrogens (primary N) is 1. The summed E-state index contributed by atoms with van der Waals surface area (Å²) < 4.78 is 5.62. The topological polar surface area (TPSA) is 55.6 Å². The number of likely N-dealkylation sites (tertiary alicyclic amines) is 1. The number of hydrogen-bond donors (Lipinski definition) is 1. The van der Waals surface area contributed by atoms with Gasteiger partial charge in [0.15, 0.2) is 0 Å². The molecule has 1 heterocycles. The number of carbonyl (C=O) groups is 1. The first-order valence-electron chi connectivity index (χ1n) is 8.60. The van der Waals surface area contributed by atoms with Gasteiger partial charge in [0.05, 0.1) is 0 Å². The first-order valence-corrected chi connectivity index (χ1v) is 8.60. The Morgan fingerprint density at radius 2 is 1.86 bits per heavy atom. The molecule has 0 radical (unpaired) electrons. The standard InChI is InChI=1S/C17H32N2O2/c1-17(2,3)21-16(20)19-10-9-13(12-18)11-15(19)14-7-5-4-6-8-14/h13-15H,4-12,18H2,1-3H3. The van der Waals surface area contributed by atoms with Crippen LogP contribution in [0.15, 0.2) is 0 Å². The van der Waals surface area contributed by atoms with Gasteiger partial charge in [-0.1, -0.05) is 19.3 Å². The second kappa shape index (κ2) is 6.99. The maximum atomic E-state index is 12.5. The third kappa shape index (κ3) is 4.60. The highest BCUT2D eigenvalue weighted by Crippen LogP contribution is 2.36. The monoisotopic (exact) mass is 296 g/mol. The molecule has 21 heavy (non-hydrogen) atoms. The summed E-state index contributed by atoms with van der Waals surface area (Å²) in [5, 5.41) is 0. The number of carbonyl (C=O) groups excluding carboxylic acids is 1. The molecule has 0 aromatic rings. The summed E-state index contributed by atoms with van der Waals surface area (Å²) in [6.07, 6.45) is 8.39. The minimum absolute atomic E-state index is 0.131. The van der Waals surface area contributed by atoms with Gasteiger partial charge in [0, 0.05) is 12.6 Å². The summed E-state index contributed by atoms with van der Waals surface area (Å²) >= 11 is 0. The maximum Gasteiger partial charge on any atom is 0.410 e. The van der Waals surface area contributed by atoms with Crippen LogP contribution in [0.4, 0.5) is 4.79 Å². The summed E-state index contributed by atoms with van der Waals surface area (Å²) in [6, 6.07) is 0.336. The van der Waals surface area contributed by atoms with Gasteiger partial charge in [-0.05, 0) is 64.8 Å². The van der Waals surface area contributed by atoms with E-state index in [1.54, 1.807) is 0 Å². The zero-order valence-electron chi connectivity index (χ0n) is 13.9. The van der Waals surface area contributed by atoms with Crippen LogP contribution in [0.2, 0.25) is 0 Å². The number of piperidine rings is 1. The Hall–Kier alpha value is -0.770. The highest BCUT2D eigenvalue weighted by Gasteiger charge is 2.38. The van der Waals surface area contributed by atoms with Crippen molar-refractivity contribution < 1.29 is 9.53 Å². The number of ether oxygens (including phenoxy) is 1. The lowest BCUT2D eigenvalue weighted by Crippen LogP contribution is -2.52. The van der Waals surface area contributed by atoms with Gasteiger partial charge >= 0.3 is 6.09 Å². The van der Waals surface area contributed by atoms with Crippen LogP contribution in [0.1, 0.15) is 65.7 Å². The largest absolute Gasteiger partial charge is 0.444 e. The van der Waals surface area contributed by atoms with Crippen molar-refractivity contribution in [1.82, 2.24) is 4.90 Å². The van der Waals surface area contributed by atoms with E-state index < -0.39 is 5.60 Å². The zero-order valence-corrected chi connectivity index (χ0v) is 13.9. The smallest absolute Gasteiger partial charge is 0.410 e. The van der Waals surface area contributed by atoms with E-state index in [2.05, 4.69) is 0 Å². The highest BCUT2D eigenvalue weighted by atomic mass is 16.6. The molecular weight excluding hydrogens is 264 g/mol. The molecule has 0 bridgehead atoms. The van der Waals surface area contributed by atoms with E-state index in [1.807, 2.05) is 25.7 Å². The normalized spacial score (nSPS) is 28.5. The van der Waals surface area contributed by atoms with Gasteiger partial charge in [0.2, 0.25) is 0 Å². The highest BCUT2D eigenvalue weighted by molar-refractivity contribution is 5.68. The van der Waals surface area contributed by atoms with Crippen molar-refractivity contribution in [3.63, 3.8) is 0 Å². The molecule has 2 rings (SSSR count). The predicted octanol–water partition coefficient (Wildman–Crippen LogP) is 3.54. The van der Waals surface area contributed by atoms with Gasteiger partial charge in [-0.15, -0.1) is 0 Å². The van der Waals surface area contributed by atoms with Crippen molar-refractivity contribution >= 4 is 6.09 Å². The molecular formula is C17H32N2O2. The second-order valence-corrected chi connectivity index (χ2v) is 7.77. The Kier molecular flexibility index (Phi) is 5.53. The van der Waals surface area contributed by atoms with E-state index >= 15 is 0 Å². The fraction of sp³-hybridized carbons (Fsp3) is 0.941. The first-order chi connectivity index (χ1) is 9.90. The molecule has 1 aliphatic carbocycles. The first kappa shape index (κ1) is 16.6. The second-order valence-electron chi connectivity index (χ2n) is 7.77. The quantitative estimate of drug-likeness (QED) is 0.848. The molecule has 0 spiro atoms. The lowest BCUT2D eigenvalue weighted by atomic mass is 9.77. The Morgan fingerprint density at radius 1 is 1.19 bits per heavy atom. The molecule has 2 N–H and O–H groups in total. The number of nitrogens with zero attached hydrogens (tertiary/aromatic N) is 1. The Morgan fingerprint density at radius 3 is 2.43 bits per heavy atom. The Bertz CT molecular complexity index is 345. The minimum Gasteiger partial charge on any atom is -0.444 e. The third-order valence-corrected chi connectivity index (χ3v) is 4.91. The van der Waals surface area contributed by atoms with E-state index in [-0.39, 0.29) is 6.09 Å². The van der Waals surface area contributed by atoms with E-state index in [4.69, 9.17) is 10.5 Å². The summed E-state index contributed by atoms with van der Waals surface area (Å²) in [7, 11) is 0. The van der Waals surface area contributed by atoms with E-state index in [9.17, 15) is 4.79 Å². The SMILES string of the molecule is CC(C)(C)OC(=O)N1CCC(CN)CC1C1CCCCC1. The van der Waals surface area contributed by atoms with Crippen LogP contribution >= 0.6 is 0 Å². The van der Waals surface area contributed by atoms with Gasteiger partial charge < -0.3 is 15.4 Å². The van der Waals surface area contributed by atoms with Gasteiger partial charge in [0.25, 0.3) is 0 Å². The molecule has 2 aliphatic rings. The third-order valence-electron chi connectivity index (χ3n) is 4.91. The summed E-state index contributed by atoms with van der Waals surface area (Å²) in [5.41, 5.74) is 5.47. The fourth-order valence-corrected chi connectivity index (χ4v) is 3.80. The molecule has 2 unspecified atom stereocenters. The molecule has 1 aliphatic heterocycles. The lowest BCUT2D eigenvalue weighted by Gasteiger charge is -2.44. The molecule has 122 valence electrons. The van der Waals surface area contributed by atoms with E-state index in [0.29, 0.717) is 17.9 Å². The predicted molar refractivity (Wildman–Crippen MR) is 85.1 cm³/mol. The van der Waals surface area contributed by atoms with Crippen molar-refractivity contribution in [3.8, 4) is 0 Å². The van der Waals surface area contributed by atoms with Crippen molar-refractivity contribution in [3.05, 3.63) is 0 Å². The molecule has 4 nitrogen and oxygen atoms in total. The fourth-order valence-electron chi connectivity index (χ4n) is 3.80. The number of amides is 1. The molecule has 4 heteroatoms. The van der Waals surface area contributed by atoms with Crippen molar-refractivity contribution in [2.75, 3.05) is 13.1 Å². The minimum atomic E-state index is -0.418. The van der Waals surface area contributed by atoms with Gasteiger partial charge in [0.1, 0.15) is 5.60 Å². The molecule has 0 aromatic carbocycles. The molecule has 1 amide bonds. The summed E-state index contributed by atoms with van der Waals surface area (Å²) in [4.78, 5) is 14.5. The average Bonchev–Trinajstić information content (AvgIpc) is 2.45. The molecule has 1 saturated carbocycles. The van der Waals surface area contributed by atoms with Crippen LogP contribution in [-0.4, -0.2) is 35.7 Å². The Labute approximate surface area is 129 Å². The van der Waals surface area contributed by atoms with Gasteiger partial charge in [-0.2, -0.15) is 0 Å². The van der Waals surface area contributed by atoms with Crippen LogP contribution < -0.4 is 5.73 Å². The zero-order chi connectivity index (χ0) is 15.5. The molecule has 2 fully saturated rings. The van der Waals surface area contributed by atoms with Crippen molar-refractivity contribution in [2.45, 2.75) is 77.4 Å². The summed E-state index contributed by atoms with van der Waals surface area (Å²) in [5.74, 6) is 1.20. The average molecular weight is 296 g/mol. The molecule has 1 saturated heterocycles. The van der Waals surface area contributed by atoms with Crippen LogP contribution in [0.5, 0.6) is 0 Å². The lowest BCUT2D eigenvalue weighted by molar-refractivity contribution is -0.00811. The van der Waals surface area contributed by atoms with E-state index in [0.717, 1.165) is 25.9 Å².